The summed E-state index contributed by atoms with van der Waals surface area (Å²) in [6, 6.07) is 5.62. The van der Waals surface area contributed by atoms with Gasteiger partial charge in [-0.3, -0.25) is 9.59 Å². The molecule has 1 aliphatic rings. The Morgan fingerprint density at radius 1 is 1.23 bits per heavy atom. The minimum Gasteiger partial charge on any atom is -0.464 e. The second-order valence-corrected chi connectivity index (χ2v) is 6.25. The van der Waals surface area contributed by atoms with E-state index in [-0.39, 0.29) is 12.5 Å². The van der Waals surface area contributed by atoms with Gasteiger partial charge in [0.15, 0.2) is 0 Å². The lowest BCUT2D eigenvalue weighted by Crippen LogP contribution is -2.54. The topological polar surface area (TPSA) is 120 Å². The number of rotatable bonds is 6. The summed E-state index contributed by atoms with van der Waals surface area (Å²) in [5.74, 6) is -1.16. The molecule has 1 aliphatic heterocycles. The minimum absolute atomic E-state index is 0.252. The van der Waals surface area contributed by atoms with E-state index in [1.807, 2.05) is 0 Å². The molecule has 0 bridgehead atoms. The Hall–Kier alpha value is -2.45. The van der Waals surface area contributed by atoms with Gasteiger partial charge in [0.05, 0.1) is 6.61 Å². The van der Waals surface area contributed by atoms with Crippen molar-refractivity contribution in [3.8, 4) is 0 Å². The van der Waals surface area contributed by atoms with Crippen LogP contribution in [0.25, 0.3) is 0 Å². The number of benzene rings is 1. The van der Waals surface area contributed by atoms with Crippen LogP contribution in [0.4, 0.5) is 5.69 Å². The number of anilines is 1. The number of ether oxygens (including phenoxy) is 2. The molecule has 2 amide bonds. The van der Waals surface area contributed by atoms with Crippen LogP contribution in [0.15, 0.2) is 24.3 Å². The second-order valence-electron chi connectivity index (χ2n) is 6.25. The Morgan fingerprint density at radius 2 is 1.85 bits per heavy atom. The fourth-order valence-corrected chi connectivity index (χ4v) is 2.53. The lowest BCUT2D eigenvalue weighted by atomic mass is 9.90. The Labute approximate surface area is 152 Å². The van der Waals surface area contributed by atoms with Gasteiger partial charge in [0.2, 0.25) is 5.91 Å². The highest BCUT2D eigenvalue weighted by molar-refractivity contribution is 5.99. The zero-order chi connectivity index (χ0) is 19.2. The Morgan fingerprint density at radius 3 is 2.42 bits per heavy atom. The van der Waals surface area contributed by atoms with Crippen molar-refractivity contribution in [1.29, 1.82) is 0 Å². The van der Waals surface area contributed by atoms with Crippen LogP contribution in [0.3, 0.4) is 0 Å². The summed E-state index contributed by atoms with van der Waals surface area (Å²) in [6.07, 6.45) is 0.927. The van der Waals surface area contributed by atoms with Crippen LogP contribution in [0.1, 0.15) is 37.0 Å². The predicted molar refractivity (Wildman–Crippen MR) is 95.6 cm³/mol. The molecular formula is C18H25N3O5. The Bertz CT molecular complexity index is 653. The first kappa shape index (κ1) is 19.9. The quantitative estimate of drug-likeness (QED) is 0.644. The van der Waals surface area contributed by atoms with E-state index in [0.717, 1.165) is 0 Å². The first-order valence-corrected chi connectivity index (χ1v) is 8.61. The van der Waals surface area contributed by atoms with Crippen molar-refractivity contribution in [2.75, 3.05) is 25.1 Å². The van der Waals surface area contributed by atoms with Crippen LogP contribution in [0.2, 0.25) is 0 Å². The van der Waals surface area contributed by atoms with Crippen molar-refractivity contribution in [3.63, 3.8) is 0 Å². The monoisotopic (exact) mass is 363 g/mol. The third kappa shape index (κ3) is 5.03. The number of esters is 1. The molecule has 0 radical (unpaired) electrons. The fraction of sp³-hybridized carbons (Fsp3) is 0.500. The highest BCUT2D eigenvalue weighted by Crippen LogP contribution is 2.20. The number of hydrogen-bond donors (Lipinski definition) is 3. The molecule has 1 fully saturated rings. The van der Waals surface area contributed by atoms with Gasteiger partial charge in [-0.15, -0.1) is 0 Å². The van der Waals surface area contributed by atoms with E-state index in [9.17, 15) is 14.4 Å². The molecular weight excluding hydrogens is 338 g/mol. The smallest absolute Gasteiger partial charge is 0.328 e. The third-order valence-electron chi connectivity index (χ3n) is 4.23. The third-order valence-corrected chi connectivity index (χ3v) is 4.23. The van der Waals surface area contributed by atoms with Gasteiger partial charge in [-0.25, -0.2) is 4.79 Å². The highest BCUT2D eigenvalue weighted by Gasteiger charge is 2.35. The van der Waals surface area contributed by atoms with Crippen LogP contribution in [0.5, 0.6) is 0 Å². The summed E-state index contributed by atoms with van der Waals surface area (Å²) in [5.41, 5.74) is 6.11. The molecule has 142 valence electrons. The molecule has 0 aromatic heterocycles. The molecule has 0 aliphatic carbocycles. The van der Waals surface area contributed by atoms with Crippen molar-refractivity contribution < 1.29 is 23.9 Å². The minimum atomic E-state index is -0.941. The molecule has 4 N–H and O–H groups in total. The lowest BCUT2D eigenvalue weighted by molar-refractivity contribution is -0.144. The van der Waals surface area contributed by atoms with Crippen molar-refractivity contribution in [2.24, 2.45) is 5.73 Å². The molecule has 8 nitrogen and oxygen atoms in total. The van der Waals surface area contributed by atoms with E-state index >= 15 is 0 Å². The van der Waals surface area contributed by atoms with E-state index in [4.69, 9.17) is 15.2 Å². The van der Waals surface area contributed by atoms with E-state index in [0.29, 0.717) is 37.3 Å². The van der Waals surface area contributed by atoms with Crippen LogP contribution in [0, 0.1) is 0 Å². The molecule has 2 rings (SSSR count). The summed E-state index contributed by atoms with van der Waals surface area (Å²) in [6.45, 7) is 4.43. The normalized spacial score (nSPS) is 17.0. The van der Waals surface area contributed by atoms with E-state index in [1.54, 1.807) is 38.1 Å². The van der Waals surface area contributed by atoms with Gasteiger partial charge in [-0.05, 0) is 51.0 Å². The number of carbonyl (C=O) groups excluding carboxylic acids is 3. The maximum atomic E-state index is 12.4. The molecule has 26 heavy (non-hydrogen) atoms. The van der Waals surface area contributed by atoms with Gasteiger partial charge in [0.25, 0.3) is 5.91 Å². The maximum Gasteiger partial charge on any atom is 0.328 e. The second kappa shape index (κ2) is 8.77. The fourth-order valence-electron chi connectivity index (χ4n) is 2.53. The number of hydrogen-bond acceptors (Lipinski definition) is 6. The summed E-state index contributed by atoms with van der Waals surface area (Å²) in [5, 5.41) is 5.33. The highest BCUT2D eigenvalue weighted by atomic mass is 16.5. The van der Waals surface area contributed by atoms with Crippen molar-refractivity contribution in [2.45, 2.75) is 38.3 Å². The number of nitrogens with two attached hydrogens (primary N) is 1. The molecule has 1 saturated heterocycles. The van der Waals surface area contributed by atoms with Gasteiger partial charge in [-0.2, -0.15) is 0 Å². The van der Waals surface area contributed by atoms with E-state index < -0.39 is 23.5 Å². The van der Waals surface area contributed by atoms with Gasteiger partial charge in [-0.1, -0.05) is 0 Å². The average molecular weight is 363 g/mol. The van der Waals surface area contributed by atoms with Gasteiger partial charge < -0.3 is 25.8 Å². The number of nitrogens with one attached hydrogen (secondary N) is 2. The lowest BCUT2D eigenvalue weighted by Gasteiger charge is -2.31. The molecule has 1 heterocycles. The van der Waals surface area contributed by atoms with Crippen LogP contribution in [-0.2, 0) is 19.1 Å². The Balaban J connectivity index is 1.94. The summed E-state index contributed by atoms with van der Waals surface area (Å²) in [4.78, 5) is 36.1. The largest absolute Gasteiger partial charge is 0.464 e. The standard InChI is InChI=1S/C18H25N3O5/c1-3-26-16(23)12(2)20-15(22)13-4-6-14(7-5-13)21-17(24)18(19)8-10-25-11-9-18/h4-7,12H,3,8-11,19H2,1-2H3,(H,20,22)(H,21,24). The van der Waals surface area contributed by atoms with Crippen molar-refractivity contribution in [1.82, 2.24) is 5.32 Å². The van der Waals surface area contributed by atoms with Crippen LogP contribution >= 0.6 is 0 Å². The molecule has 1 atom stereocenters. The molecule has 0 saturated carbocycles. The van der Waals surface area contributed by atoms with Gasteiger partial charge in [0.1, 0.15) is 11.6 Å². The van der Waals surface area contributed by atoms with E-state index in [2.05, 4.69) is 10.6 Å². The predicted octanol–water partition coefficient (Wildman–Crippen LogP) is 0.814. The van der Waals surface area contributed by atoms with E-state index in [1.165, 1.54) is 0 Å². The molecule has 1 aromatic carbocycles. The summed E-state index contributed by atoms with van der Waals surface area (Å²) >= 11 is 0. The Kier molecular flexibility index (Phi) is 6.70. The SMILES string of the molecule is CCOC(=O)C(C)NC(=O)c1ccc(NC(=O)C2(N)CCOCC2)cc1. The summed E-state index contributed by atoms with van der Waals surface area (Å²) in [7, 11) is 0. The van der Waals surface area contributed by atoms with Crippen LogP contribution in [-0.4, -0.2) is 49.2 Å². The average Bonchev–Trinajstić information content (AvgIpc) is 2.63. The van der Waals surface area contributed by atoms with Crippen molar-refractivity contribution >= 4 is 23.5 Å². The van der Waals surface area contributed by atoms with Crippen LogP contribution < -0.4 is 16.4 Å². The number of carbonyl (C=O) groups is 3. The molecule has 8 heteroatoms. The zero-order valence-corrected chi connectivity index (χ0v) is 15.0. The molecule has 1 aromatic rings. The number of amides is 2. The zero-order valence-electron chi connectivity index (χ0n) is 15.0. The van der Waals surface area contributed by atoms with Gasteiger partial charge >= 0.3 is 5.97 Å². The first-order valence-electron chi connectivity index (χ1n) is 8.61. The maximum absolute atomic E-state index is 12.4. The molecule has 1 unspecified atom stereocenters. The molecule has 0 spiro atoms. The van der Waals surface area contributed by atoms with Gasteiger partial charge in [0, 0.05) is 24.5 Å². The van der Waals surface area contributed by atoms with Crippen molar-refractivity contribution in [3.05, 3.63) is 29.8 Å². The summed E-state index contributed by atoms with van der Waals surface area (Å²) < 4.78 is 10.1. The first-order chi connectivity index (χ1) is 12.4.